The van der Waals surface area contributed by atoms with Gasteiger partial charge in [0.1, 0.15) is 0 Å². The first-order valence-corrected chi connectivity index (χ1v) is 14.0. The van der Waals surface area contributed by atoms with Gasteiger partial charge >= 0.3 is 92.5 Å². The summed E-state index contributed by atoms with van der Waals surface area (Å²) in [5.74, 6) is 0. The Labute approximate surface area is 92.5 Å². The van der Waals surface area contributed by atoms with Crippen molar-refractivity contribution >= 4 is 0 Å². The van der Waals surface area contributed by atoms with Crippen LogP contribution in [0.4, 0.5) is 0 Å². The van der Waals surface area contributed by atoms with Gasteiger partial charge < -0.3 is 0 Å². The Morgan fingerprint density at radius 2 is 1.65 bits per heavy atom. The van der Waals surface area contributed by atoms with Crippen LogP contribution in [0.2, 0.25) is 46.7 Å². The van der Waals surface area contributed by atoms with Crippen LogP contribution in [0.15, 0.2) is 12.7 Å². The summed E-state index contributed by atoms with van der Waals surface area (Å²) < 4.78 is 3.11. The third-order valence-electron chi connectivity index (χ3n) is 17.0. The number of hydrogen-bond donors (Lipinski definition) is 0. The van der Waals surface area contributed by atoms with Crippen molar-refractivity contribution in [2.75, 3.05) is 0 Å². The van der Waals surface area contributed by atoms with E-state index >= 15 is 0 Å². The van der Waals surface area contributed by atoms with Gasteiger partial charge in [-0.1, -0.05) is 0 Å². The van der Waals surface area contributed by atoms with Gasteiger partial charge in [-0.3, -0.25) is 0 Å². The minimum absolute atomic E-state index is 0.926. The van der Waals surface area contributed by atoms with Crippen molar-refractivity contribution in [3.05, 3.63) is 12.7 Å². The van der Waals surface area contributed by atoms with E-state index in [0.717, 1.165) is 12.9 Å². The van der Waals surface area contributed by atoms with Crippen molar-refractivity contribution in [3.63, 3.8) is 0 Å². The SMILES string of the molecule is C=C[C]12[CH]3[CH]4[C]5(CC)[CH]1[Fe]34251678[CH]2[CH]1[CH]6[C]7(CC)[CH]28. The summed E-state index contributed by atoms with van der Waals surface area (Å²) >= 11 is 0. The van der Waals surface area contributed by atoms with Crippen molar-refractivity contribution in [2.24, 2.45) is 0 Å². The molecule has 0 aromatic carbocycles. The normalized spacial score (nSPS) is 128. The Kier molecular flexibility index (Phi) is 0.194. The molecule has 10 aliphatic heterocycles. The van der Waals surface area contributed by atoms with Crippen molar-refractivity contribution in [2.45, 2.75) is 73.3 Å². The third-order valence-corrected chi connectivity index (χ3v) is 62.0. The van der Waals surface area contributed by atoms with E-state index in [0.29, 0.717) is 0 Å². The molecule has 10 rings (SSSR count). The Balaban J connectivity index is 1.80. The van der Waals surface area contributed by atoms with Crippen LogP contribution in [-0.4, -0.2) is 0 Å². The number of rotatable bonds is 3. The number of fused-ring (bicyclic) bond motifs is 10. The second kappa shape index (κ2) is 0.497. The van der Waals surface area contributed by atoms with Crippen LogP contribution in [0.5, 0.6) is 0 Å². The fraction of sp³-hybridized carbons (Fsp3) is 0.875. The maximum atomic E-state index is 4.42. The summed E-state index contributed by atoms with van der Waals surface area (Å²) in [6.45, 7) is 6.53. The predicted octanol–water partition coefficient (Wildman–Crippen LogP) is 5.49. The third kappa shape index (κ3) is 0.0536. The monoisotopic (exact) mass is 268 g/mol. The van der Waals surface area contributed by atoms with Gasteiger partial charge in [0.25, 0.3) is 0 Å². The first-order chi connectivity index (χ1) is 8.00. The summed E-state index contributed by atoms with van der Waals surface area (Å²) in [7, 11) is 0. The molecule has 10 heterocycles. The molecule has 0 amide bonds. The molecular formula is C16H20Fe. The van der Waals surface area contributed by atoms with Crippen LogP contribution in [0.1, 0.15) is 26.7 Å². The van der Waals surface area contributed by atoms with Crippen LogP contribution in [0.25, 0.3) is 0 Å². The molecule has 0 aliphatic carbocycles. The quantitative estimate of drug-likeness (QED) is 0.469. The molecule has 9 atom stereocenters. The van der Waals surface area contributed by atoms with Crippen LogP contribution in [0, 0.1) is 0 Å². The summed E-state index contributed by atoms with van der Waals surface area (Å²) in [5, 5.41) is 0. The molecule has 0 N–H and O–H groups in total. The summed E-state index contributed by atoms with van der Waals surface area (Å²) in [6.07, 6.45) is 5.85. The van der Waals surface area contributed by atoms with Crippen molar-refractivity contribution < 1.29 is 6.51 Å². The van der Waals surface area contributed by atoms with Crippen LogP contribution in [-0.2, 0) is 6.51 Å². The van der Waals surface area contributed by atoms with Crippen molar-refractivity contribution in [3.8, 4) is 0 Å². The molecule has 1 heteroatoms. The van der Waals surface area contributed by atoms with E-state index in [1.165, 1.54) is 33.7 Å². The van der Waals surface area contributed by atoms with E-state index in [-0.39, 0.29) is 0 Å². The maximum absolute atomic E-state index is 4.42. The fourth-order valence-electron chi connectivity index (χ4n) is 20.5. The Hall–Kier alpha value is 0.259. The van der Waals surface area contributed by atoms with Crippen LogP contribution in [0.3, 0.4) is 0 Å². The van der Waals surface area contributed by atoms with E-state index in [1.807, 2.05) is 0 Å². The van der Waals surface area contributed by atoms with E-state index in [1.54, 1.807) is 12.8 Å². The zero-order valence-corrected chi connectivity index (χ0v) is 11.7. The molecule has 0 bridgehead atoms. The molecule has 1 spiro atoms. The second-order valence-corrected chi connectivity index (χ2v) is 34.3. The Morgan fingerprint density at radius 1 is 1.00 bits per heavy atom. The van der Waals surface area contributed by atoms with Gasteiger partial charge in [-0.05, 0) is 0 Å². The van der Waals surface area contributed by atoms with Crippen molar-refractivity contribution in [1.29, 1.82) is 0 Å². The summed E-state index contributed by atoms with van der Waals surface area (Å²) in [5.41, 5.74) is 0. The van der Waals surface area contributed by atoms with Crippen LogP contribution < -0.4 is 0 Å². The van der Waals surface area contributed by atoms with Crippen molar-refractivity contribution in [1.82, 2.24) is 0 Å². The zero-order valence-electron chi connectivity index (χ0n) is 10.6. The van der Waals surface area contributed by atoms with E-state index in [9.17, 15) is 0 Å². The van der Waals surface area contributed by atoms with Gasteiger partial charge in [-0.25, -0.2) is 0 Å². The summed E-state index contributed by atoms with van der Waals surface area (Å²) in [6, 6.07) is 0. The van der Waals surface area contributed by atoms with Gasteiger partial charge in [0.05, 0.1) is 0 Å². The van der Waals surface area contributed by atoms with Gasteiger partial charge in [-0.2, -0.15) is 0 Å². The van der Waals surface area contributed by atoms with E-state index < -0.39 is 6.51 Å². The molecule has 0 saturated carbocycles. The van der Waals surface area contributed by atoms with Gasteiger partial charge in [0.15, 0.2) is 0 Å². The molecule has 10 saturated heterocycles. The average molecular weight is 268 g/mol. The average Bonchev–Trinajstić information content (AvgIpc) is 3.31. The predicted molar refractivity (Wildman–Crippen MR) is 65.1 cm³/mol. The molecule has 10 aliphatic rings. The molecule has 0 aromatic rings. The molecule has 9 unspecified atom stereocenters. The second-order valence-electron chi connectivity index (χ2n) is 11.2. The van der Waals surface area contributed by atoms with Gasteiger partial charge in [0.2, 0.25) is 0 Å². The molecule has 92 valence electrons. The molecular weight excluding hydrogens is 248 g/mol. The molecule has 17 heavy (non-hydrogen) atoms. The Bertz CT molecular complexity index is 1060. The number of hydrogen-bond acceptors (Lipinski definition) is 0. The van der Waals surface area contributed by atoms with E-state index in [4.69, 9.17) is 0 Å². The summed E-state index contributed by atoms with van der Waals surface area (Å²) in [4.78, 5) is 9.90. The van der Waals surface area contributed by atoms with Crippen LogP contribution >= 0.6 is 0 Å². The molecule has 0 aromatic heterocycles. The Morgan fingerprint density at radius 3 is 1.94 bits per heavy atom. The molecule has 0 nitrogen and oxygen atoms in total. The fourth-order valence-corrected chi connectivity index (χ4v) is 102. The van der Waals surface area contributed by atoms with Gasteiger partial charge in [0, 0.05) is 0 Å². The standard InChI is InChI=1S/C9H11.C7H9.Fe/c1-3-8-5-6-9(4-2)7-8;1-2-7-5-3-4-6-7;/h3,5-7H,1,4H2,2H3;3-6H,2H2,1H3;. The molecule has 10 fully saturated rings. The topological polar surface area (TPSA) is 0 Å². The zero-order chi connectivity index (χ0) is 11.0. The molecule has 0 radical (unpaired) electrons. The van der Waals surface area contributed by atoms with E-state index in [2.05, 4.69) is 26.5 Å². The number of allylic oxidation sites excluding steroid dienone is 1. The first-order valence-electron chi connectivity index (χ1n) is 7.84. The first kappa shape index (κ1) is 6.62. The van der Waals surface area contributed by atoms with Gasteiger partial charge in [-0.15, -0.1) is 0 Å². The minimum atomic E-state index is -3.06.